The van der Waals surface area contributed by atoms with Crippen molar-refractivity contribution in [3.05, 3.63) is 62.7 Å². The van der Waals surface area contributed by atoms with Gasteiger partial charge in [0.15, 0.2) is 6.61 Å². The first kappa shape index (κ1) is 17.1. The van der Waals surface area contributed by atoms with Gasteiger partial charge < -0.3 is 9.72 Å². The van der Waals surface area contributed by atoms with Crippen LogP contribution in [0.15, 0.2) is 41.0 Å². The summed E-state index contributed by atoms with van der Waals surface area (Å²) in [6.07, 6.45) is 2.67. The molecule has 0 aliphatic carbocycles. The zero-order valence-electron chi connectivity index (χ0n) is 13.5. The molecule has 0 bridgehead atoms. The van der Waals surface area contributed by atoms with E-state index in [1.165, 1.54) is 5.56 Å². The number of benzene rings is 2. The lowest BCUT2D eigenvalue weighted by molar-refractivity contribution is 0.0923. The highest BCUT2D eigenvalue weighted by atomic mass is 79.9. The summed E-state index contributed by atoms with van der Waals surface area (Å²) in [4.78, 5) is 15.8. The second-order valence-corrected chi connectivity index (χ2v) is 6.96. The van der Waals surface area contributed by atoms with E-state index in [2.05, 4.69) is 33.9 Å². The first-order valence-corrected chi connectivity index (χ1v) is 8.89. The lowest BCUT2D eigenvalue weighted by Gasteiger charge is -2.11. The molecule has 0 amide bonds. The molecule has 2 aromatic carbocycles. The number of aryl methyl sites for hydroxylation is 2. The van der Waals surface area contributed by atoms with Crippen molar-refractivity contribution in [1.29, 1.82) is 0 Å². The Morgan fingerprint density at radius 3 is 2.83 bits per heavy atom. The molecule has 0 aliphatic rings. The fourth-order valence-corrected chi connectivity index (χ4v) is 3.85. The Morgan fingerprint density at radius 1 is 1.33 bits per heavy atom. The summed E-state index contributed by atoms with van der Waals surface area (Å²) in [5.74, 6) is 0.468. The molecule has 0 spiro atoms. The number of ketones is 1. The average molecular weight is 407 g/mol. The molecule has 3 rings (SSSR count). The summed E-state index contributed by atoms with van der Waals surface area (Å²) in [5.41, 5.74) is 3.74. The molecule has 0 atom stereocenters. The maximum absolute atomic E-state index is 12.6. The monoisotopic (exact) mass is 405 g/mol. The van der Waals surface area contributed by atoms with Crippen LogP contribution in [0.1, 0.15) is 28.4 Å². The molecule has 5 heteroatoms. The van der Waals surface area contributed by atoms with Crippen LogP contribution in [0.4, 0.5) is 0 Å². The molecule has 124 valence electrons. The highest BCUT2D eigenvalue weighted by molar-refractivity contribution is 9.10. The van der Waals surface area contributed by atoms with Gasteiger partial charge in [-0.2, -0.15) is 0 Å². The quantitative estimate of drug-likeness (QED) is 0.551. The molecule has 0 aliphatic heterocycles. The number of H-pyrrole nitrogens is 1. The number of aromatic nitrogens is 1. The molecule has 1 N–H and O–H groups in total. The standard InChI is InChI=1S/C19H17BrClNO2/c1-3-12-5-4-6-14-15(9-22-18(12)14)17(23)10-24-19-11(2)7-13(20)8-16(19)21/h4-9,22H,3,10H2,1-2H3. The van der Waals surface area contributed by atoms with Crippen LogP contribution >= 0.6 is 27.5 Å². The van der Waals surface area contributed by atoms with Crippen LogP contribution in [0.3, 0.4) is 0 Å². The zero-order chi connectivity index (χ0) is 17.3. The lowest BCUT2D eigenvalue weighted by atomic mass is 10.1. The molecule has 0 unspecified atom stereocenters. The molecule has 1 aromatic heterocycles. The minimum atomic E-state index is -0.0760. The van der Waals surface area contributed by atoms with Crippen LogP contribution in [0.25, 0.3) is 10.9 Å². The highest BCUT2D eigenvalue weighted by Gasteiger charge is 2.16. The van der Waals surface area contributed by atoms with Gasteiger partial charge in [-0.15, -0.1) is 0 Å². The summed E-state index contributed by atoms with van der Waals surface area (Å²) in [6, 6.07) is 9.66. The largest absolute Gasteiger partial charge is 0.484 e. The number of fused-ring (bicyclic) bond motifs is 1. The van der Waals surface area contributed by atoms with Crippen molar-refractivity contribution in [3.63, 3.8) is 0 Å². The normalized spacial score (nSPS) is 11.0. The molecule has 0 fully saturated rings. The number of ether oxygens (including phenoxy) is 1. The van der Waals surface area contributed by atoms with Crippen LogP contribution in [0.5, 0.6) is 5.75 Å². The van der Waals surface area contributed by atoms with E-state index in [0.29, 0.717) is 16.3 Å². The van der Waals surface area contributed by atoms with Gasteiger partial charge in [0.05, 0.1) is 5.02 Å². The van der Waals surface area contributed by atoms with Gasteiger partial charge in [-0.05, 0) is 36.6 Å². The molecular formula is C19H17BrClNO2. The van der Waals surface area contributed by atoms with Crippen LogP contribution in [-0.4, -0.2) is 17.4 Å². The van der Waals surface area contributed by atoms with E-state index in [0.717, 1.165) is 27.4 Å². The number of Topliss-reactive ketones (excluding diaryl/α,β-unsaturated/α-hetero) is 1. The van der Waals surface area contributed by atoms with Gasteiger partial charge in [-0.1, -0.05) is 52.7 Å². The van der Waals surface area contributed by atoms with E-state index in [4.69, 9.17) is 16.3 Å². The molecule has 0 radical (unpaired) electrons. The van der Waals surface area contributed by atoms with Crippen molar-refractivity contribution in [2.24, 2.45) is 0 Å². The third kappa shape index (κ3) is 3.21. The SMILES string of the molecule is CCc1cccc2c(C(=O)COc3c(C)cc(Br)cc3Cl)c[nH]c12. The van der Waals surface area contributed by atoms with Crippen molar-refractivity contribution in [1.82, 2.24) is 4.98 Å². The Kier molecular flexibility index (Phi) is 4.97. The van der Waals surface area contributed by atoms with Crippen LogP contribution < -0.4 is 4.74 Å². The van der Waals surface area contributed by atoms with Crippen LogP contribution in [-0.2, 0) is 6.42 Å². The number of aromatic amines is 1. The maximum atomic E-state index is 12.6. The summed E-state index contributed by atoms with van der Waals surface area (Å²) < 4.78 is 6.58. The number of hydrogen-bond acceptors (Lipinski definition) is 2. The van der Waals surface area contributed by atoms with Crippen molar-refractivity contribution < 1.29 is 9.53 Å². The van der Waals surface area contributed by atoms with Gasteiger partial charge in [0.1, 0.15) is 5.75 Å². The Morgan fingerprint density at radius 2 is 2.12 bits per heavy atom. The third-order valence-electron chi connectivity index (χ3n) is 4.02. The van der Waals surface area contributed by atoms with Crippen LogP contribution in [0, 0.1) is 6.92 Å². The average Bonchev–Trinajstić information content (AvgIpc) is 2.97. The zero-order valence-corrected chi connectivity index (χ0v) is 15.8. The van der Waals surface area contributed by atoms with E-state index in [1.54, 1.807) is 12.3 Å². The number of nitrogens with one attached hydrogen (secondary N) is 1. The van der Waals surface area contributed by atoms with Gasteiger partial charge in [-0.25, -0.2) is 0 Å². The second-order valence-electron chi connectivity index (χ2n) is 5.64. The van der Waals surface area contributed by atoms with Crippen molar-refractivity contribution >= 4 is 44.2 Å². The number of hydrogen-bond donors (Lipinski definition) is 1. The number of carbonyl (C=O) groups is 1. The Labute approximate surface area is 154 Å². The molecule has 24 heavy (non-hydrogen) atoms. The summed E-state index contributed by atoms with van der Waals surface area (Å²) in [5, 5.41) is 1.42. The minimum Gasteiger partial charge on any atom is -0.484 e. The topological polar surface area (TPSA) is 42.1 Å². The van der Waals surface area contributed by atoms with E-state index in [-0.39, 0.29) is 12.4 Å². The van der Waals surface area contributed by atoms with Gasteiger partial charge >= 0.3 is 0 Å². The minimum absolute atomic E-state index is 0.0501. The van der Waals surface area contributed by atoms with Gasteiger partial charge in [0.2, 0.25) is 5.78 Å². The maximum Gasteiger partial charge on any atom is 0.202 e. The molecule has 0 saturated carbocycles. The number of para-hydroxylation sites is 1. The fraction of sp³-hybridized carbons (Fsp3) is 0.211. The number of halogens is 2. The predicted octanol–water partition coefficient (Wildman–Crippen LogP) is 5.72. The number of rotatable bonds is 5. The summed E-state index contributed by atoms with van der Waals surface area (Å²) in [7, 11) is 0. The van der Waals surface area contributed by atoms with Gasteiger partial charge in [0, 0.05) is 27.1 Å². The van der Waals surface area contributed by atoms with E-state index in [9.17, 15) is 4.79 Å². The first-order valence-electron chi connectivity index (χ1n) is 7.72. The van der Waals surface area contributed by atoms with Gasteiger partial charge in [-0.3, -0.25) is 4.79 Å². The van der Waals surface area contributed by atoms with E-state index in [1.807, 2.05) is 25.1 Å². The van der Waals surface area contributed by atoms with Crippen molar-refractivity contribution in [2.75, 3.05) is 6.61 Å². The molecular weight excluding hydrogens is 390 g/mol. The van der Waals surface area contributed by atoms with Crippen LogP contribution in [0.2, 0.25) is 5.02 Å². The Bertz CT molecular complexity index is 894. The predicted molar refractivity (Wildman–Crippen MR) is 101 cm³/mol. The lowest BCUT2D eigenvalue weighted by Crippen LogP contribution is -2.12. The Hall–Kier alpha value is -1.78. The Balaban J connectivity index is 1.84. The van der Waals surface area contributed by atoms with Crippen molar-refractivity contribution in [2.45, 2.75) is 20.3 Å². The molecule has 3 nitrogen and oxygen atoms in total. The molecule has 3 aromatic rings. The van der Waals surface area contributed by atoms with Gasteiger partial charge in [0.25, 0.3) is 0 Å². The summed E-state index contributed by atoms with van der Waals surface area (Å²) >= 11 is 9.59. The second kappa shape index (κ2) is 6.99. The highest BCUT2D eigenvalue weighted by Crippen LogP contribution is 2.32. The van der Waals surface area contributed by atoms with Crippen molar-refractivity contribution in [3.8, 4) is 5.75 Å². The smallest absolute Gasteiger partial charge is 0.202 e. The van der Waals surface area contributed by atoms with E-state index >= 15 is 0 Å². The summed E-state index contributed by atoms with van der Waals surface area (Å²) in [6.45, 7) is 3.94. The third-order valence-corrected chi connectivity index (χ3v) is 4.76. The number of carbonyl (C=O) groups excluding carboxylic acids is 1. The molecule has 1 heterocycles. The van der Waals surface area contributed by atoms with E-state index < -0.39 is 0 Å². The first-order chi connectivity index (χ1) is 11.5. The fourth-order valence-electron chi connectivity index (χ4n) is 2.83. The molecule has 0 saturated heterocycles.